The maximum atomic E-state index is 11.8. The molecule has 1 amide bonds. The smallest absolute Gasteiger partial charge is 0.224 e. The second-order valence-electron chi connectivity index (χ2n) is 4.81. The number of nitrogens with zero attached hydrogens (tertiary/aromatic N) is 1. The van der Waals surface area contributed by atoms with E-state index < -0.39 is 0 Å². The van der Waals surface area contributed by atoms with E-state index in [0.29, 0.717) is 32.7 Å². The van der Waals surface area contributed by atoms with Crippen LogP contribution < -0.4 is 11.5 Å². The van der Waals surface area contributed by atoms with E-state index in [4.69, 9.17) is 16.2 Å². The number of anilines is 1. The molecule has 0 spiro atoms. The van der Waals surface area contributed by atoms with Crippen LogP contribution in [-0.2, 0) is 9.53 Å². The minimum atomic E-state index is -0.0666. The Morgan fingerprint density at radius 3 is 2.85 bits per heavy atom. The minimum Gasteiger partial charge on any atom is -0.399 e. The van der Waals surface area contributed by atoms with E-state index in [1.807, 2.05) is 41.3 Å². The first-order chi connectivity index (χ1) is 9.69. The summed E-state index contributed by atoms with van der Waals surface area (Å²) in [7, 11) is 0. The number of morpholine rings is 1. The van der Waals surface area contributed by atoms with Crippen LogP contribution in [0.5, 0.6) is 0 Å². The third-order valence-electron chi connectivity index (χ3n) is 3.24. The van der Waals surface area contributed by atoms with Gasteiger partial charge in [-0.1, -0.05) is 24.3 Å². The fraction of sp³-hybridized carbons (Fsp3) is 0.400. The number of carbonyl (C=O) groups is 1. The molecular formula is C15H21N3O2. The number of amides is 1. The maximum absolute atomic E-state index is 11.8. The van der Waals surface area contributed by atoms with Crippen molar-refractivity contribution < 1.29 is 9.53 Å². The van der Waals surface area contributed by atoms with Crippen LogP contribution in [0.15, 0.2) is 30.3 Å². The summed E-state index contributed by atoms with van der Waals surface area (Å²) in [5.74, 6) is 0.0988. The molecule has 5 heteroatoms. The Kier molecular flexibility index (Phi) is 5.15. The summed E-state index contributed by atoms with van der Waals surface area (Å²) in [5, 5.41) is 0. The highest BCUT2D eigenvalue weighted by molar-refractivity contribution is 5.76. The van der Waals surface area contributed by atoms with Crippen LogP contribution in [0.4, 0.5) is 5.69 Å². The molecule has 1 aromatic carbocycles. The van der Waals surface area contributed by atoms with Crippen LogP contribution in [0.2, 0.25) is 0 Å². The first-order valence-corrected chi connectivity index (χ1v) is 6.82. The summed E-state index contributed by atoms with van der Waals surface area (Å²) < 4.78 is 5.65. The summed E-state index contributed by atoms with van der Waals surface area (Å²) in [6, 6.07) is 7.62. The molecule has 0 radical (unpaired) electrons. The number of ether oxygens (including phenoxy) is 1. The summed E-state index contributed by atoms with van der Waals surface area (Å²) in [4.78, 5) is 13.6. The van der Waals surface area contributed by atoms with Crippen LogP contribution in [0.1, 0.15) is 12.0 Å². The summed E-state index contributed by atoms with van der Waals surface area (Å²) >= 11 is 0. The number of hydrogen-bond donors (Lipinski definition) is 2. The number of nitrogen functional groups attached to an aromatic ring is 1. The fourth-order valence-electron chi connectivity index (χ4n) is 2.13. The number of rotatable bonds is 4. The minimum absolute atomic E-state index is 0.0666. The molecule has 1 saturated heterocycles. The van der Waals surface area contributed by atoms with Crippen LogP contribution >= 0.6 is 0 Å². The zero-order valence-electron chi connectivity index (χ0n) is 11.5. The zero-order chi connectivity index (χ0) is 14.4. The Morgan fingerprint density at radius 2 is 2.15 bits per heavy atom. The van der Waals surface area contributed by atoms with Gasteiger partial charge in [0.1, 0.15) is 0 Å². The van der Waals surface area contributed by atoms with Crippen LogP contribution in [-0.4, -0.2) is 43.2 Å². The lowest BCUT2D eigenvalue weighted by atomic mass is 10.1. The summed E-state index contributed by atoms with van der Waals surface area (Å²) in [6.45, 7) is 2.19. The average Bonchev–Trinajstić information content (AvgIpc) is 2.47. The summed E-state index contributed by atoms with van der Waals surface area (Å²) in [6.07, 6.45) is 4.30. The molecule has 0 saturated carbocycles. The van der Waals surface area contributed by atoms with E-state index >= 15 is 0 Å². The van der Waals surface area contributed by atoms with Crippen molar-refractivity contribution in [1.29, 1.82) is 0 Å². The van der Waals surface area contributed by atoms with Gasteiger partial charge >= 0.3 is 0 Å². The van der Waals surface area contributed by atoms with Crippen molar-refractivity contribution in [1.82, 2.24) is 4.90 Å². The Bertz CT molecular complexity index is 471. The van der Waals surface area contributed by atoms with Crippen molar-refractivity contribution >= 4 is 17.7 Å². The van der Waals surface area contributed by atoms with E-state index in [-0.39, 0.29) is 12.0 Å². The molecule has 0 aromatic heterocycles. The molecule has 1 aromatic rings. The average molecular weight is 275 g/mol. The van der Waals surface area contributed by atoms with Crippen molar-refractivity contribution in [2.24, 2.45) is 5.73 Å². The highest BCUT2D eigenvalue weighted by atomic mass is 16.5. The maximum Gasteiger partial charge on any atom is 0.224 e. The van der Waals surface area contributed by atoms with Gasteiger partial charge in [-0.15, -0.1) is 0 Å². The van der Waals surface area contributed by atoms with Crippen LogP contribution in [0.25, 0.3) is 6.08 Å². The third kappa shape index (κ3) is 4.08. The lowest BCUT2D eigenvalue weighted by Gasteiger charge is -2.31. The van der Waals surface area contributed by atoms with Gasteiger partial charge in [-0.05, 0) is 17.7 Å². The molecule has 1 unspecified atom stereocenters. The van der Waals surface area contributed by atoms with Gasteiger partial charge in [0.05, 0.1) is 19.3 Å². The molecule has 20 heavy (non-hydrogen) atoms. The monoisotopic (exact) mass is 275 g/mol. The van der Waals surface area contributed by atoms with Gasteiger partial charge in [0.15, 0.2) is 0 Å². The van der Waals surface area contributed by atoms with Crippen LogP contribution in [0, 0.1) is 0 Å². The summed E-state index contributed by atoms with van der Waals surface area (Å²) in [5.41, 5.74) is 12.9. The van der Waals surface area contributed by atoms with Gasteiger partial charge in [-0.2, -0.15) is 0 Å². The molecule has 0 bridgehead atoms. The molecule has 1 aliphatic heterocycles. The molecule has 1 fully saturated rings. The van der Waals surface area contributed by atoms with Crippen LogP contribution in [0.3, 0.4) is 0 Å². The second-order valence-corrected chi connectivity index (χ2v) is 4.81. The van der Waals surface area contributed by atoms with Gasteiger partial charge in [0.2, 0.25) is 5.91 Å². The molecule has 4 N–H and O–H groups in total. The van der Waals surface area contributed by atoms with Crippen molar-refractivity contribution in [3.63, 3.8) is 0 Å². The number of nitrogens with two attached hydrogens (primary N) is 2. The quantitative estimate of drug-likeness (QED) is 0.798. The van der Waals surface area contributed by atoms with E-state index in [9.17, 15) is 4.79 Å². The second kappa shape index (κ2) is 7.07. The van der Waals surface area contributed by atoms with E-state index in [0.717, 1.165) is 11.3 Å². The standard InChI is InChI=1S/C15H21N3O2/c16-8-7-15(19)18-9-10-20-14(11-18)6-3-12-1-4-13(17)5-2-12/h1-6,14H,7-11,16-17H2. The highest BCUT2D eigenvalue weighted by Gasteiger charge is 2.21. The fourth-order valence-corrected chi connectivity index (χ4v) is 2.13. The third-order valence-corrected chi connectivity index (χ3v) is 3.24. The SMILES string of the molecule is NCCC(=O)N1CCOC(C=Cc2ccc(N)cc2)C1. The molecule has 108 valence electrons. The van der Waals surface area contributed by atoms with Gasteiger partial charge in [0.25, 0.3) is 0 Å². The van der Waals surface area contributed by atoms with E-state index in [1.165, 1.54) is 0 Å². The highest BCUT2D eigenvalue weighted by Crippen LogP contribution is 2.11. The van der Waals surface area contributed by atoms with E-state index in [1.54, 1.807) is 0 Å². The molecule has 2 rings (SSSR count). The Hall–Kier alpha value is -1.85. The molecule has 1 atom stereocenters. The zero-order valence-corrected chi connectivity index (χ0v) is 11.5. The Labute approximate surface area is 119 Å². The Balaban J connectivity index is 1.92. The van der Waals surface area contributed by atoms with E-state index in [2.05, 4.69) is 0 Å². The first-order valence-electron chi connectivity index (χ1n) is 6.82. The van der Waals surface area contributed by atoms with Gasteiger partial charge < -0.3 is 21.1 Å². The largest absolute Gasteiger partial charge is 0.399 e. The van der Waals surface area contributed by atoms with Gasteiger partial charge in [-0.3, -0.25) is 4.79 Å². The lowest BCUT2D eigenvalue weighted by Crippen LogP contribution is -2.45. The normalized spacial score (nSPS) is 19.4. The number of benzene rings is 1. The van der Waals surface area contributed by atoms with Crippen molar-refractivity contribution in [3.05, 3.63) is 35.9 Å². The predicted octanol–water partition coefficient (Wildman–Crippen LogP) is 0.858. The van der Waals surface area contributed by atoms with Crippen molar-refractivity contribution in [2.75, 3.05) is 32.0 Å². The van der Waals surface area contributed by atoms with Crippen molar-refractivity contribution in [3.8, 4) is 0 Å². The predicted molar refractivity (Wildman–Crippen MR) is 79.9 cm³/mol. The molecule has 5 nitrogen and oxygen atoms in total. The lowest BCUT2D eigenvalue weighted by molar-refractivity contribution is -0.136. The Morgan fingerprint density at radius 1 is 1.40 bits per heavy atom. The number of carbonyl (C=O) groups excluding carboxylic acids is 1. The van der Waals surface area contributed by atoms with Gasteiger partial charge in [-0.25, -0.2) is 0 Å². The topological polar surface area (TPSA) is 81.6 Å². The first kappa shape index (κ1) is 14.6. The molecule has 0 aliphatic carbocycles. The van der Waals surface area contributed by atoms with Gasteiger partial charge in [0, 0.05) is 25.2 Å². The van der Waals surface area contributed by atoms with Crippen molar-refractivity contribution in [2.45, 2.75) is 12.5 Å². The molecule has 1 aliphatic rings. The molecular weight excluding hydrogens is 254 g/mol. The molecule has 1 heterocycles. The number of hydrogen-bond acceptors (Lipinski definition) is 4.